The summed E-state index contributed by atoms with van der Waals surface area (Å²) in [6.07, 6.45) is -4.32. The Morgan fingerprint density at radius 3 is 2.21 bits per heavy atom. The third-order valence-electron chi connectivity index (χ3n) is 3.72. The van der Waals surface area contributed by atoms with E-state index >= 15 is 0 Å². The number of carbonyl (C=O) groups is 1. The molecule has 1 N–H and O–H groups in total. The number of esters is 1. The summed E-state index contributed by atoms with van der Waals surface area (Å²) in [6.45, 7) is 0. The van der Waals surface area contributed by atoms with Crippen molar-refractivity contribution in [2.24, 2.45) is 0 Å². The van der Waals surface area contributed by atoms with Crippen molar-refractivity contribution in [3.63, 3.8) is 0 Å². The third-order valence-corrected chi connectivity index (χ3v) is 5.20. The molecular weight excluding hydrogens is 399 g/mol. The minimum Gasteiger partial charge on any atom is -0.468 e. The van der Waals surface area contributed by atoms with Crippen LogP contribution in [0.3, 0.4) is 0 Å². The summed E-state index contributed by atoms with van der Waals surface area (Å²) in [4.78, 5) is 11.6. The maximum Gasteiger partial charge on any atom is 0.573 e. The molecule has 28 heavy (non-hydrogen) atoms. The zero-order valence-corrected chi connectivity index (χ0v) is 15.6. The Labute approximate surface area is 160 Å². The molecular formula is C18H18F3NO5S. The molecule has 2 rings (SSSR count). The van der Waals surface area contributed by atoms with Crippen molar-refractivity contribution in [1.82, 2.24) is 4.72 Å². The fourth-order valence-electron chi connectivity index (χ4n) is 2.40. The summed E-state index contributed by atoms with van der Waals surface area (Å²) in [6, 6.07) is 11.6. The zero-order chi connectivity index (χ0) is 20.8. The Bertz CT molecular complexity index is 884. The van der Waals surface area contributed by atoms with Crippen molar-refractivity contribution in [2.45, 2.75) is 30.1 Å². The quantitative estimate of drug-likeness (QED) is 0.668. The summed E-state index contributed by atoms with van der Waals surface area (Å²) in [5.74, 6) is -1.32. The first-order valence-corrected chi connectivity index (χ1v) is 9.59. The zero-order valence-electron chi connectivity index (χ0n) is 14.8. The topological polar surface area (TPSA) is 81.7 Å². The van der Waals surface area contributed by atoms with Crippen molar-refractivity contribution >= 4 is 16.0 Å². The van der Waals surface area contributed by atoms with Gasteiger partial charge in [0, 0.05) is 0 Å². The number of benzene rings is 2. The first-order valence-electron chi connectivity index (χ1n) is 8.10. The lowest BCUT2D eigenvalue weighted by molar-refractivity contribution is -0.274. The van der Waals surface area contributed by atoms with E-state index in [-0.39, 0.29) is 11.3 Å². The van der Waals surface area contributed by atoms with E-state index < -0.39 is 34.1 Å². The normalized spacial score (nSPS) is 13.0. The number of carbonyl (C=O) groups excluding carboxylic acids is 1. The van der Waals surface area contributed by atoms with E-state index in [2.05, 4.69) is 14.2 Å². The molecule has 0 heterocycles. The van der Waals surface area contributed by atoms with Crippen LogP contribution in [0, 0.1) is 0 Å². The second-order valence-electron chi connectivity index (χ2n) is 5.74. The van der Waals surface area contributed by atoms with E-state index in [1.807, 2.05) is 30.3 Å². The lowest BCUT2D eigenvalue weighted by Gasteiger charge is -2.17. The first-order chi connectivity index (χ1) is 13.1. The molecule has 0 saturated heterocycles. The Morgan fingerprint density at radius 2 is 1.68 bits per heavy atom. The number of nitrogens with one attached hydrogen (secondary N) is 1. The third kappa shape index (κ3) is 6.54. The molecule has 0 amide bonds. The van der Waals surface area contributed by atoms with E-state index in [0.29, 0.717) is 6.42 Å². The monoisotopic (exact) mass is 417 g/mol. The van der Waals surface area contributed by atoms with Gasteiger partial charge in [-0.15, -0.1) is 13.2 Å². The Balaban J connectivity index is 2.12. The molecule has 0 radical (unpaired) electrons. The summed E-state index contributed by atoms with van der Waals surface area (Å²) in [5.41, 5.74) is 0.907. The molecule has 2 aromatic rings. The highest BCUT2D eigenvalue weighted by atomic mass is 32.2. The number of methoxy groups -OCH3 is 1. The second-order valence-corrected chi connectivity index (χ2v) is 7.45. The van der Waals surface area contributed by atoms with Crippen LogP contribution in [-0.4, -0.2) is 33.9 Å². The molecule has 152 valence electrons. The van der Waals surface area contributed by atoms with Crippen molar-refractivity contribution < 1.29 is 35.9 Å². The predicted molar refractivity (Wildman–Crippen MR) is 94.0 cm³/mol. The summed E-state index contributed by atoms with van der Waals surface area (Å²) in [7, 11) is -3.03. The molecule has 1 unspecified atom stereocenters. The molecule has 0 bridgehead atoms. The van der Waals surface area contributed by atoms with Crippen LogP contribution in [0.4, 0.5) is 13.2 Å². The molecule has 0 aliphatic carbocycles. The lowest BCUT2D eigenvalue weighted by Crippen LogP contribution is -2.41. The molecule has 10 heteroatoms. The minimum atomic E-state index is -4.88. The molecule has 1 atom stereocenters. The average Bonchev–Trinajstić information content (AvgIpc) is 2.64. The highest BCUT2D eigenvalue weighted by molar-refractivity contribution is 7.89. The van der Waals surface area contributed by atoms with Crippen LogP contribution in [0.25, 0.3) is 0 Å². The van der Waals surface area contributed by atoms with Gasteiger partial charge in [0.2, 0.25) is 10.0 Å². The Hall–Kier alpha value is -2.59. The number of ether oxygens (including phenoxy) is 2. The van der Waals surface area contributed by atoms with Gasteiger partial charge < -0.3 is 9.47 Å². The van der Waals surface area contributed by atoms with Gasteiger partial charge in [-0.3, -0.25) is 4.79 Å². The van der Waals surface area contributed by atoms with Gasteiger partial charge in [-0.05, 0) is 42.7 Å². The van der Waals surface area contributed by atoms with Crippen LogP contribution in [0.1, 0.15) is 12.0 Å². The minimum absolute atomic E-state index is 0.144. The molecule has 0 aliphatic heterocycles. The van der Waals surface area contributed by atoms with Crippen LogP contribution < -0.4 is 9.46 Å². The molecule has 0 spiro atoms. The van der Waals surface area contributed by atoms with Gasteiger partial charge in [0.05, 0.1) is 12.0 Å². The van der Waals surface area contributed by atoms with Crippen LogP contribution >= 0.6 is 0 Å². The number of aryl methyl sites for hydroxylation is 1. The van der Waals surface area contributed by atoms with Crippen molar-refractivity contribution in [1.29, 1.82) is 0 Å². The Kier molecular flexibility index (Phi) is 7.03. The summed E-state index contributed by atoms with van der Waals surface area (Å²) in [5, 5.41) is 0. The van der Waals surface area contributed by atoms with Gasteiger partial charge in [0.15, 0.2) is 0 Å². The maximum absolute atomic E-state index is 12.5. The van der Waals surface area contributed by atoms with Gasteiger partial charge in [-0.25, -0.2) is 8.42 Å². The molecule has 0 aromatic heterocycles. The number of rotatable bonds is 8. The smallest absolute Gasteiger partial charge is 0.468 e. The van der Waals surface area contributed by atoms with Gasteiger partial charge in [-0.1, -0.05) is 30.3 Å². The number of sulfonamides is 1. The van der Waals surface area contributed by atoms with Crippen LogP contribution in [-0.2, 0) is 26.0 Å². The highest BCUT2D eigenvalue weighted by Crippen LogP contribution is 2.24. The van der Waals surface area contributed by atoms with Gasteiger partial charge >= 0.3 is 12.3 Å². The average molecular weight is 417 g/mol. The highest BCUT2D eigenvalue weighted by Gasteiger charge is 2.31. The van der Waals surface area contributed by atoms with E-state index in [1.54, 1.807) is 0 Å². The molecule has 0 saturated carbocycles. The number of halogens is 3. The number of alkyl halides is 3. The van der Waals surface area contributed by atoms with Gasteiger partial charge in [0.25, 0.3) is 0 Å². The van der Waals surface area contributed by atoms with Crippen LogP contribution in [0.15, 0.2) is 59.5 Å². The first kappa shape index (κ1) is 21.7. The van der Waals surface area contributed by atoms with Gasteiger partial charge in [0.1, 0.15) is 11.8 Å². The summed E-state index contributed by atoms with van der Waals surface area (Å²) < 4.78 is 72.1. The molecule has 0 aliphatic rings. The standard InChI is InChI=1S/C18H18F3NO5S/c1-26-17(23)16(12-7-13-5-3-2-4-6-13)22-28(24,25)15-10-8-14(9-11-15)27-18(19,20)21/h2-6,8-11,16,22H,7,12H2,1H3. The maximum atomic E-state index is 12.5. The summed E-state index contributed by atoms with van der Waals surface area (Å²) >= 11 is 0. The predicted octanol–water partition coefficient (Wildman–Crippen LogP) is 3.04. The fraction of sp³-hybridized carbons (Fsp3) is 0.278. The van der Waals surface area contributed by atoms with Gasteiger partial charge in [-0.2, -0.15) is 4.72 Å². The van der Waals surface area contributed by atoms with E-state index in [0.717, 1.165) is 36.9 Å². The van der Waals surface area contributed by atoms with E-state index in [4.69, 9.17) is 0 Å². The van der Waals surface area contributed by atoms with Crippen molar-refractivity contribution in [2.75, 3.05) is 7.11 Å². The van der Waals surface area contributed by atoms with Crippen LogP contribution in [0.5, 0.6) is 5.75 Å². The van der Waals surface area contributed by atoms with E-state index in [1.165, 1.54) is 0 Å². The number of hydrogen-bond donors (Lipinski definition) is 1. The van der Waals surface area contributed by atoms with Crippen molar-refractivity contribution in [3.8, 4) is 5.75 Å². The lowest BCUT2D eigenvalue weighted by atomic mass is 10.1. The Morgan fingerprint density at radius 1 is 1.07 bits per heavy atom. The largest absolute Gasteiger partial charge is 0.573 e. The van der Waals surface area contributed by atoms with Crippen LogP contribution in [0.2, 0.25) is 0 Å². The molecule has 0 fully saturated rings. The number of hydrogen-bond acceptors (Lipinski definition) is 5. The molecule has 6 nitrogen and oxygen atoms in total. The second kappa shape index (κ2) is 9.07. The molecule has 2 aromatic carbocycles. The van der Waals surface area contributed by atoms with E-state index in [9.17, 15) is 26.4 Å². The van der Waals surface area contributed by atoms with Crippen molar-refractivity contribution in [3.05, 3.63) is 60.2 Å². The SMILES string of the molecule is COC(=O)C(CCc1ccccc1)NS(=O)(=O)c1ccc(OC(F)(F)F)cc1. The fourth-order valence-corrected chi connectivity index (χ4v) is 3.62.